The van der Waals surface area contributed by atoms with Crippen LogP contribution in [0.2, 0.25) is 0 Å². The normalized spacial score (nSPS) is 17.8. The van der Waals surface area contributed by atoms with Crippen LogP contribution in [0.15, 0.2) is 18.2 Å². The van der Waals surface area contributed by atoms with Crippen molar-refractivity contribution in [3.05, 3.63) is 23.8 Å². The molecule has 1 unspecified atom stereocenters. The minimum absolute atomic E-state index is 0.336. The summed E-state index contributed by atoms with van der Waals surface area (Å²) in [4.78, 5) is 0. The van der Waals surface area contributed by atoms with Crippen LogP contribution in [0.25, 0.3) is 0 Å². The topological polar surface area (TPSA) is 30.5 Å². The van der Waals surface area contributed by atoms with E-state index in [1.54, 1.807) is 14.2 Å². The minimum Gasteiger partial charge on any atom is -0.493 e. The van der Waals surface area contributed by atoms with Crippen molar-refractivity contribution in [2.75, 3.05) is 21.3 Å². The molecule has 1 aliphatic carbocycles. The van der Waals surface area contributed by atoms with Crippen LogP contribution in [-0.2, 0) is 0 Å². The van der Waals surface area contributed by atoms with E-state index >= 15 is 0 Å². The fourth-order valence-electron chi connectivity index (χ4n) is 3.34. The molecule has 0 radical (unpaired) electrons. The maximum absolute atomic E-state index is 5.57. The molecule has 1 saturated carbocycles. The number of rotatable bonds is 6. The van der Waals surface area contributed by atoms with Crippen molar-refractivity contribution in [1.29, 1.82) is 0 Å². The Hall–Kier alpha value is -1.22. The minimum atomic E-state index is 0.336. The molecule has 2 rings (SSSR count). The highest BCUT2D eigenvalue weighted by atomic mass is 16.5. The zero-order valence-corrected chi connectivity index (χ0v) is 12.9. The van der Waals surface area contributed by atoms with Crippen LogP contribution in [0.5, 0.6) is 11.5 Å². The molecule has 0 aromatic heterocycles. The first-order valence-corrected chi connectivity index (χ1v) is 7.68. The highest BCUT2D eigenvalue weighted by Gasteiger charge is 2.22. The summed E-state index contributed by atoms with van der Waals surface area (Å²) in [5.41, 5.74) is 1.21. The molecule has 20 heavy (non-hydrogen) atoms. The van der Waals surface area contributed by atoms with E-state index < -0.39 is 0 Å². The van der Waals surface area contributed by atoms with Crippen molar-refractivity contribution in [2.24, 2.45) is 5.92 Å². The Morgan fingerprint density at radius 3 is 2.50 bits per heavy atom. The van der Waals surface area contributed by atoms with Crippen molar-refractivity contribution in [3.8, 4) is 11.5 Å². The van der Waals surface area contributed by atoms with Gasteiger partial charge in [0.25, 0.3) is 0 Å². The van der Waals surface area contributed by atoms with Gasteiger partial charge in [0.15, 0.2) is 11.5 Å². The number of hydrogen-bond donors (Lipinski definition) is 1. The number of benzene rings is 1. The number of para-hydroxylation sites is 1. The Balaban J connectivity index is 2.17. The number of methoxy groups -OCH3 is 2. The zero-order chi connectivity index (χ0) is 14.4. The lowest BCUT2D eigenvalue weighted by Gasteiger charge is -2.27. The van der Waals surface area contributed by atoms with E-state index in [2.05, 4.69) is 11.4 Å². The quantitative estimate of drug-likeness (QED) is 0.854. The second-order valence-electron chi connectivity index (χ2n) is 5.66. The average Bonchev–Trinajstić information content (AvgIpc) is 2.52. The molecule has 0 spiro atoms. The number of nitrogens with one attached hydrogen (secondary N) is 1. The molecule has 112 valence electrons. The first kappa shape index (κ1) is 15.2. The van der Waals surface area contributed by atoms with Gasteiger partial charge in [0.1, 0.15) is 0 Å². The van der Waals surface area contributed by atoms with Crippen LogP contribution >= 0.6 is 0 Å². The van der Waals surface area contributed by atoms with Gasteiger partial charge in [-0.25, -0.2) is 0 Å². The molecular weight excluding hydrogens is 250 g/mol. The van der Waals surface area contributed by atoms with E-state index in [4.69, 9.17) is 9.47 Å². The molecule has 0 amide bonds. The zero-order valence-electron chi connectivity index (χ0n) is 12.9. The Labute approximate surface area is 122 Å². The SMILES string of the molecule is CNC(CC1CCCCC1)c1cccc(OC)c1OC. The number of ether oxygens (including phenoxy) is 2. The second-order valence-corrected chi connectivity index (χ2v) is 5.66. The Morgan fingerprint density at radius 1 is 1.15 bits per heavy atom. The van der Waals surface area contributed by atoms with Gasteiger partial charge in [-0.3, -0.25) is 0 Å². The Bertz CT molecular complexity index is 413. The van der Waals surface area contributed by atoms with E-state index in [9.17, 15) is 0 Å². The first-order chi connectivity index (χ1) is 9.80. The van der Waals surface area contributed by atoms with Crippen molar-refractivity contribution < 1.29 is 9.47 Å². The van der Waals surface area contributed by atoms with Gasteiger partial charge >= 0.3 is 0 Å². The van der Waals surface area contributed by atoms with E-state index in [-0.39, 0.29) is 0 Å². The van der Waals surface area contributed by atoms with Crippen molar-refractivity contribution >= 4 is 0 Å². The maximum atomic E-state index is 5.57. The molecular formula is C17H27NO2. The highest BCUT2D eigenvalue weighted by molar-refractivity contribution is 5.48. The molecule has 0 aliphatic heterocycles. The predicted octanol–water partition coefficient (Wildman–Crippen LogP) is 3.93. The molecule has 1 aromatic rings. The highest BCUT2D eigenvalue weighted by Crippen LogP contribution is 2.38. The van der Waals surface area contributed by atoms with Crippen molar-refractivity contribution in [3.63, 3.8) is 0 Å². The van der Waals surface area contributed by atoms with Gasteiger partial charge in [-0.2, -0.15) is 0 Å². The summed E-state index contributed by atoms with van der Waals surface area (Å²) in [5, 5.41) is 3.46. The molecule has 0 bridgehead atoms. The summed E-state index contributed by atoms with van der Waals surface area (Å²) in [7, 11) is 5.44. The third-order valence-corrected chi connectivity index (χ3v) is 4.45. The molecule has 1 atom stereocenters. The third-order valence-electron chi connectivity index (χ3n) is 4.45. The van der Waals surface area contributed by atoms with Crippen LogP contribution in [0, 0.1) is 5.92 Å². The molecule has 3 nitrogen and oxygen atoms in total. The monoisotopic (exact) mass is 277 g/mol. The summed E-state index contributed by atoms with van der Waals surface area (Å²) >= 11 is 0. The largest absolute Gasteiger partial charge is 0.493 e. The molecule has 1 aromatic carbocycles. The molecule has 1 fully saturated rings. The molecule has 0 saturated heterocycles. The summed E-state index contributed by atoms with van der Waals surface area (Å²) < 4.78 is 11.0. The molecule has 1 aliphatic rings. The smallest absolute Gasteiger partial charge is 0.165 e. The molecule has 3 heteroatoms. The van der Waals surface area contributed by atoms with Gasteiger partial charge < -0.3 is 14.8 Å². The fraction of sp³-hybridized carbons (Fsp3) is 0.647. The molecule has 1 N–H and O–H groups in total. The maximum Gasteiger partial charge on any atom is 0.165 e. The summed E-state index contributed by atoms with van der Waals surface area (Å²) in [6, 6.07) is 6.48. The second kappa shape index (κ2) is 7.53. The van der Waals surface area contributed by atoms with Crippen LogP contribution in [0.3, 0.4) is 0 Å². The van der Waals surface area contributed by atoms with E-state index in [1.807, 2.05) is 19.2 Å². The van der Waals surface area contributed by atoms with Gasteiger partial charge in [-0.15, -0.1) is 0 Å². The van der Waals surface area contributed by atoms with E-state index in [1.165, 1.54) is 44.1 Å². The summed E-state index contributed by atoms with van der Waals surface area (Å²) in [6.45, 7) is 0. The van der Waals surface area contributed by atoms with Crippen LogP contribution < -0.4 is 14.8 Å². The Morgan fingerprint density at radius 2 is 1.90 bits per heavy atom. The Kier molecular flexibility index (Phi) is 5.72. The molecule has 0 heterocycles. The van der Waals surface area contributed by atoms with Crippen LogP contribution in [0.1, 0.15) is 50.1 Å². The predicted molar refractivity (Wildman–Crippen MR) is 82.5 cm³/mol. The van der Waals surface area contributed by atoms with Gasteiger partial charge in [0.2, 0.25) is 0 Å². The van der Waals surface area contributed by atoms with E-state index in [0.29, 0.717) is 6.04 Å². The average molecular weight is 277 g/mol. The standard InChI is InChI=1S/C17H27NO2/c1-18-15(12-13-8-5-4-6-9-13)14-10-7-11-16(19-2)17(14)20-3/h7,10-11,13,15,18H,4-6,8-9,12H2,1-3H3. The van der Waals surface area contributed by atoms with Crippen molar-refractivity contribution in [2.45, 2.75) is 44.6 Å². The summed E-state index contributed by atoms with van der Waals surface area (Å²) in [6.07, 6.45) is 8.09. The number of hydrogen-bond acceptors (Lipinski definition) is 3. The summed E-state index contributed by atoms with van der Waals surface area (Å²) in [5.74, 6) is 2.51. The van der Waals surface area contributed by atoms with Crippen LogP contribution in [-0.4, -0.2) is 21.3 Å². The van der Waals surface area contributed by atoms with Crippen LogP contribution in [0.4, 0.5) is 0 Å². The van der Waals surface area contributed by atoms with E-state index in [0.717, 1.165) is 17.4 Å². The van der Waals surface area contributed by atoms with Gasteiger partial charge in [0.05, 0.1) is 14.2 Å². The lowest BCUT2D eigenvalue weighted by Crippen LogP contribution is -2.22. The van der Waals surface area contributed by atoms with Gasteiger partial charge in [0, 0.05) is 11.6 Å². The van der Waals surface area contributed by atoms with Crippen molar-refractivity contribution in [1.82, 2.24) is 5.32 Å². The van der Waals surface area contributed by atoms with Gasteiger partial charge in [-0.05, 0) is 25.5 Å². The first-order valence-electron chi connectivity index (χ1n) is 7.68. The lowest BCUT2D eigenvalue weighted by atomic mass is 9.83. The van der Waals surface area contributed by atoms with Gasteiger partial charge in [-0.1, -0.05) is 44.2 Å². The third kappa shape index (κ3) is 3.45. The fourth-order valence-corrected chi connectivity index (χ4v) is 3.34. The lowest BCUT2D eigenvalue weighted by molar-refractivity contribution is 0.298.